The second-order valence-electron chi connectivity index (χ2n) is 6.73. The summed E-state index contributed by atoms with van der Waals surface area (Å²) in [6.07, 6.45) is 4.58. The number of anilines is 2. The van der Waals surface area contributed by atoms with Crippen molar-refractivity contribution in [3.8, 4) is 0 Å². The van der Waals surface area contributed by atoms with E-state index in [-0.39, 0.29) is 11.2 Å². The molecule has 0 aliphatic carbocycles. The van der Waals surface area contributed by atoms with Crippen molar-refractivity contribution < 1.29 is 0 Å². The highest BCUT2D eigenvalue weighted by Crippen LogP contribution is 2.33. The fourth-order valence-corrected chi connectivity index (χ4v) is 3.41. The summed E-state index contributed by atoms with van der Waals surface area (Å²) in [7, 11) is 3.18. The minimum Gasteiger partial charge on any atom is -0.340 e. The van der Waals surface area contributed by atoms with Gasteiger partial charge in [-0.1, -0.05) is 38.5 Å². The molecule has 0 unspecified atom stereocenters. The lowest BCUT2D eigenvalue weighted by molar-refractivity contribution is 0.706. The zero-order valence-electron chi connectivity index (χ0n) is 16.4. The maximum absolute atomic E-state index is 13.1. The van der Waals surface area contributed by atoms with Crippen LogP contribution in [0.4, 0.5) is 11.4 Å². The van der Waals surface area contributed by atoms with Gasteiger partial charge in [0, 0.05) is 32.5 Å². The summed E-state index contributed by atoms with van der Waals surface area (Å²) in [5.41, 5.74) is 2.65. The van der Waals surface area contributed by atoms with Crippen molar-refractivity contribution >= 4 is 22.4 Å². The third kappa shape index (κ3) is 3.27. The fourth-order valence-electron chi connectivity index (χ4n) is 3.41. The lowest BCUT2D eigenvalue weighted by atomic mass is 10.1. The monoisotopic (exact) mass is 366 g/mol. The maximum atomic E-state index is 13.1. The number of aryl methyl sites for hydroxylation is 2. The van der Waals surface area contributed by atoms with Gasteiger partial charge in [0.2, 0.25) is 0 Å². The number of fused-ring (bicyclic) bond motifs is 1. The van der Waals surface area contributed by atoms with Gasteiger partial charge in [0.25, 0.3) is 5.56 Å². The first-order chi connectivity index (χ1) is 13.0. The van der Waals surface area contributed by atoms with Crippen molar-refractivity contribution in [3.63, 3.8) is 0 Å². The summed E-state index contributed by atoms with van der Waals surface area (Å²) in [6.45, 7) is 5.00. The molecule has 3 rings (SSSR count). The number of benzene rings is 1. The molecule has 0 bridgehead atoms. The number of para-hydroxylation sites is 1. The first kappa shape index (κ1) is 18.9. The highest BCUT2D eigenvalue weighted by molar-refractivity contribution is 5.93. The Bertz CT molecular complexity index is 1070. The predicted octanol–water partition coefficient (Wildman–Crippen LogP) is 3.13. The Labute approximate surface area is 158 Å². The first-order valence-electron chi connectivity index (χ1n) is 9.41. The third-order valence-corrected chi connectivity index (χ3v) is 4.97. The number of aromatic nitrogens is 3. The second kappa shape index (κ2) is 7.78. The fraction of sp³-hybridized carbons (Fsp3) is 0.381. The molecule has 0 amide bonds. The van der Waals surface area contributed by atoms with Gasteiger partial charge < -0.3 is 4.90 Å². The van der Waals surface area contributed by atoms with Crippen LogP contribution in [0.3, 0.4) is 0 Å². The van der Waals surface area contributed by atoms with Crippen LogP contribution in [0, 0.1) is 0 Å². The van der Waals surface area contributed by atoms with Gasteiger partial charge in [-0.2, -0.15) is 0 Å². The van der Waals surface area contributed by atoms with Gasteiger partial charge in [-0.3, -0.25) is 13.9 Å². The standard InChI is InChI=1S/C21H26N4O2/c1-5-7-13-25(16-11-9-8-10-12-16)18-15(6-2)14-22-19-17(18)20(26)24(4)21(27)23(19)3/h8-12,14H,5-7,13H2,1-4H3. The maximum Gasteiger partial charge on any atom is 0.332 e. The van der Waals surface area contributed by atoms with Crippen LogP contribution in [-0.2, 0) is 20.5 Å². The number of pyridine rings is 1. The number of unbranched alkanes of at least 4 members (excludes halogenated alkanes) is 1. The van der Waals surface area contributed by atoms with Gasteiger partial charge in [-0.25, -0.2) is 9.78 Å². The molecular formula is C21H26N4O2. The minimum absolute atomic E-state index is 0.302. The summed E-state index contributed by atoms with van der Waals surface area (Å²) in [4.78, 5) is 32.1. The Balaban J connectivity index is 2.42. The SMILES string of the molecule is CCCCN(c1ccccc1)c1c(CC)cnc2c1c(=O)n(C)c(=O)n2C. The van der Waals surface area contributed by atoms with Gasteiger partial charge >= 0.3 is 5.69 Å². The molecule has 0 aliphatic heterocycles. The van der Waals surface area contributed by atoms with Crippen LogP contribution in [-0.4, -0.2) is 20.7 Å². The van der Waals surface area contributed by atoms with Crippen molar-refractivity contribution in [1.82, 2.24) is 14.1 Å². The molecule has 142 valence electrons. The van der Waals surface area contributed by atoms with E-state index in [0.29, 0.717) is 11.0 Å². The van der Waals surface area contributed by atoms with Gasteiger partial charge in [0.1, 0.15) is 5.39 Å². The Morgan fingerprint density at radius 1 is 1.04 bits per heavy atom. The molecule has 0 saturated carbocycles. The Morgan fingerprint density at radius 3 is 2.37 bits per heavy atom. The second-order valence-corrected chi connectivity index (χ2v) is 6.73. The molecule has 3 aromatic rings. The number of hydrogen-bond donors (Lipinski definition) is 0. The highest BCUT2D eigenvalue weighted by Gasteiger charge is 2.21. The lowest BCUT2D eigenvalue weighted by Crippen LogP contribution is -2.38. The molecule has 0 fully saturated rings. The normalized spacial score (nSPS) is 11.1. The van der Waals surface area contributed by atoms with Gasteiger partial charge in [0.05, 0.1) is 5.69 Å². The number of hydrogen-bond acceptors (Lipinski definition) is 4. The average Bonchev–Trinajstić information content (AvgIpc) is 2.71. The molecule has 2 aromatic heterocycles. The molecular weight excluding hydrogens is 340 g/mol. The molecule has 0 atom stereocenters. The van der Waals surface area contributed by atoms with Gasteiger partial charge in [-0.05, 0) is 30.5 Å². The molecule has 0 radical (unpaired) electrons. The molecule has 0 N–H and O–H groups in total. The van der Waals surface area contributed by atoms with Crippen LogP contribution in [0.15, 0.2) is 46.1 Å². The Morgan fingerprint density at radius 2 is 1.74 bits per heavy atom. The van der Waals surface area contributed by atoms with Crippen LogP contribution < -0.4 is 16.1 Å². The zero-order chi connectivity index (χ0) is 19.6. The van der Waals surface area contributed by atoms with Crippen molar-refractivity contribution in [2.75, 3.05) is 11.4 Å². The largest absolute Gasteiger partial charge is 0.340 e. The molecule has 0 aliphatic rings. The van der Waals surface area contributed by atoms with E-state index in [9.17, 15) is 9.59 Å². The molecule has 6 nitrogen and oxygen atoms in total. The lowest BCUT2D eigenvalue weighted by Gasteiger charge is -2.28. The third-order valence-electron chi connectivity index (χ3n) is 4.97. The summed E-state index contributed by atoms with van der Waals surface area (Å²) >= 11 is 0. The first-order valence-corrected chi connectivity index (χ1v) is 9.41. The summed E-state index contributed by atoms with van der Waals surface area (Å²) in [5, 5.41) is 0.499. The van der Waals surface area contributed by atoms with Crippen LogP contribution >= 0.6 is 0 Å². The van der Waals surface area contributed by atoms with Crippen LogP contribution in [0.5, 0.6) is 0 Å². The molecule has 1 aromatic carbocycles. The smallest absolute Gasteiger partial charge is 0.332 e. The van der Waals surface area contributed by atoms with Gasteiger partial charge in [0.15, 0.2) is 5.65 Å². The molecule has 2 heterocycles. The zero-order valence-corrected chi connectivity index (χ0v) is 16.4. The highest BCUT2D eigenvalue weighted by atomic mass is 16.2. The van der Waals surface area contributed by atoms with Crippen molar-refractivity contribution in [1.29, 1.82) is 0 Å². The molecule has 0 spiro atoms. The summed E-state index contributed by atoms with van der Waals surface area (Å²) in [5.74, 6) is 0. The van der Waals surface area contributed by atoms with E-state index in [2.05, 4.69) is 23.7 Å². The predicted molar refractivity (Wildman–Crippen MR) is 110 cm³/mol. The van der Waals surface area contributed by atoms with E-state index in [1.165, 1.54) is 11.6 Å². The van der Waals surface area contributed by atoms with Crippen molar-refractivity contribution in [2.45, 2.75) is 33.1 Å². The molecule has 27 heavy (non-hydrogen) atoms. The Hall–Kier alpha value is -2.89. The van der Waals surface area contributed by atoms with Gasteiger partial charge in [-0.15, -0.1) is 0 Å². The summed E-state index contributed by atoms with van der Waals surface area (Å²) < 4.78 is 2.61. The van der Waals surface area contributed by atoms with E-state index in [1.807, 2.05) is 30.3 Å². The minimum atomic E-state index is -0.366. The number of nitrogens with zero attached hydrogens (tertiary/aromatic N) is 4. The van der Waals surface area contributed by atoms with E-state index in [1.54, 1.807) is 13.2 Å². The van der Waals surface area contributed by atoms with E-state index < -0.39 is 0 Å². The Kier molecular flexibility index (Phi) is 5.44. The topological polar surface area (TPSA) is 60.1 Å². The molecule has 0 saturated heterocycles. The average molecular weight is 366 g/mol. The van der Waals surface area contributed by atoms with Crippen molar-refractivity contribution in [3.05, 3.63) is 62.9 Å². The van der Waals surface area contributed by atoms with Crippen LogP contribution in [0.25, 0.3) is 11.0 Å². The van der Waals surface area contributed by atoms with Crippen LogP contribution in [0.1, 0.15) is 32.3 Å². The van der Waals surface area contributed by atoms with E-state index in [0.717, 1.165) is 47.3 Å². The van der Waals surface area contributed by atoms with E-state index in [4.69, 9.17) is 0 Å². The quantitative estimate of drug-likeness (QED) is 0.672. The summed E-state index contributed by atoms with van der Waals surface area (Å²) in [6, 6.07) is 10.1. The van der Waals surface area contributed by atoms with Crippen molar-refractivity contribution in [2.24, 2.45) is 14.1 Å². The number of rotatable bonds is 6. The molecule has 6 heteroatoms. The van der Waals surface area contributed by atoms with Crippen LogP contribution in [0.2, 0.25) is 0 Å². The van der Waals surface area contributed by atoms with E-state index >= 15 is 0 Å².